The molecule has 5 rings (SSSR count). The summed E-state index contributed by atoms with van der Waals surface area (Å²) in [6.07, 6.45) is 7.04. The van der Waals surface area contributed by atoms with Crippen LogP contribution in [-0.2, 0) is 4.79 Å². The Hall–Kier alpha value is -3.74. The van der Waals surface area contributed by atoms with Crippen LogP contribution in [-0.4, -0.2) is 38.7 Å². The van der Waals surface area contributed by atoms with Gasteiger partial charge in [0.2, 0.25) is 5.91 Å². The summed E-state index contributed by atoms with van der Waals surface area (Å²) in [7, 11) is 0. The fraction of sp³-hybridized carbons (Fsp3) is 0.217. The zero-order valence-electron chi connectivity index (χ0n) is 16.5. The van der Waals surface area contributed by atoms with Gasteiger partial charge in [0, 0.05) is 36.6 Å². The molecule has 30 heavy (non-hydrogen) atoms. The summed E-state index contributed by atoms with van der Waals surface area (Å²) < 4.78 is 1.81. The number of anilines is 2. The molecule has 2 aromatic carbocycles. The lowest BCUT2D eigenvalue weighted by molar-refractivity contribution is -0.120. The molecule has 0 bridgehead atoms. The van der Waals surface area contributed by atoms with Crippen molar-refractivity contribution in [3.8, 4) is 5.82 Å². The predicted octanol–water partition coefficient (Wildman–Crippen LogP) is 3.67. The van der Waals surface area contributed by atoms with Gasteiger partial charge in [0.25, 0.3) is 0 Å². The largest absolute Gasteiger partial charge is 0.354 e. The number of carbonyl (C=O) groups excluding carboxylic acids is 1. The molecule has 0 saturated carbocycles. The molecule has 3 heterocycles. The maximum absolute atomic E-state index is 13.0. The first kappa shape index (κ1) is 18.3. The maximum Gasteiger partial charge on any atom is 0.229 e. The number of imidazole rings is 1. The molecule has 7 heteroatoms. The molecule has 0 radical (unpaired) electrons. The standard InChI is InChI=1S/C23H22N6O/c30-23(25-20-9-3-6-17-5-1-2-8-19(17)20)18-7-4-13-28(15-18)21-10-11-22(27-26-21)29-14-12-24-16-29/h1-3,5-6,8-12,14,16,18H,4,7,13,15H2,(H,25,30). The van der Waals surface area contributed by atoms with Crippen molar-refractivity contribution < 1.29 is 4.79 Å². The maximum atomic E-state index is 13.0. The van der Waals surface area contributed by atoms with Gasteiger partial charge in [-0.2, -0.15) is 0 Å². The lowest BCUT2D eigenvalue weighted by Gasteiger charge is -2.32. The van der Waals surface area contributed by atoms with E-state index in [0.29, 0.717) is 6.54 Å². The van der Waals surface area contributed by atoms with Gasteiger partial charge in [0.1, 0.15) is 6.33 Å². The van der Waals surface area contributed by atoms with Crippen LogP contribution in [0.4, 0.5) is 11.5 Å². The average Bonchev–Trinajstić information content (AvgIpc) is 3.35. The minimum absolute atomic E-state index is 0.0547. The highest BCUT2D eigenvalue weighted by molar-refractivity contribution is 6.02. The Bertz CT molecular complexity index is 1150. The Kier molecular flexibility index (Phi) is 4.85. The van der Waals surface area contributed by atoms with Crippen molar-refractivity contribution in [2.75, 3.05) is 23.3 Å². The van der Waals surface area contributed by atoms with Gasteiger partial charge >= 0.3 is 0 Å². The average molecular weight is 398 g/mol. The first-order valence-electron chi connectivity index (χ1n) is 10.1. The zero-order chi connectivity index (χ0) is 20.3. The third-order valence-corrected chi connectivity index (χ3v) is 5.57. The van der Waals surface area contributed by atoms with Gasteiger partial charge in [-0.1, -0.05) is 36.4 Å². The monoisotopic (exact) mass is 398 g/mol. The predicted molar refractivity (Wildman–Crippen MR) is 117 cm³/mol. The molecule has 7 nitrogen and oxygen atoms in total. The molecule has 1 unspecified atom stereocenters. The van der Waals surface area contributed by atoms with E-state index in [-0.39, 0.29) is 11.8 Å². The van der Waals surface area contributed by atoms with Crippen LogP contribution in [0.3, 0.4) is 0 Å². The Morgan fingerprint density at radius 1 is 1.00 bits per heavy atom. The van der Waals surface area contributed by atoms with Crippen molar-refractivity contribution in [2.45, 2.75) is 12.8 Å². The van der Waals surface area contributed by atoms with Gasteiger partial charge in [-0.15, -0.1) is 10.2 Å². The first-order chi connectivity index (χ1) is 14.8. The summed E-state index contributed by atoms with van der Waals surface area (Å²) in [6, 6.07) is 18.0. The van der Waals surface area contributed by atoms with Crippen LogP contribution >= 0.6 is 0 Å². The lowest BCUT2D eigenvalue weighted by Crippen LogP contribution is -2.41. The first-order valence-corrected chi connectivity index (χ1v) is 10.1. The number of hydrogen-bond donors (Lipinski definition) is 1. The van der Waals surface area contributed by atoms with E-state index < -0.39 is 0 Å². The topological polar surface area (TPSA) is 75.9 Å². The van der Waals surface area contributed by atoms with E-state index >= 15 is 0 Å². The van der Waals surface area contributed by atoms with Crippen molar-refractivity contribution in [3.05, 3.63) is 73.3 Å². The molecular weight excluding hydrogens is 376 g/mol. The summed E-state index contributed by atoms with van der Waals surface area (Å²) >= 11 is 0. The number of nitrogens with one attached hydrogen (secondary N) is 1. The van der Waals surface area contributed by atoms with Crippen LogP contribution in [0.25, 0.3) is 16.6 Å². The van der Waals surface area contributed by atoms with E-state index in [2.05, 4.69) is 37.5 Å². The van der Waals surface area contributed by atoms with Crippen molar-refractivity contribution in [3.63, 3.8) is 0 Å². The molecule has 0 spiro atoms. The van der Waals surface area contributed by atoms with Gasteiger partial charge < -0.3 is 10.2 Å². The number of nitrogens with zero attached hydrogens (tertiary/aromatic N) is 5. The summed E-state index contributed by atoms with van der Waals surface area (Å²) in [5.74, 6) is 1.48. The number of hydrogen-bond acceptors (Lipinski definition) is 5. The van der Waals surface area contributed by atoms with Gasteiger partial charge in [0.15, 0.2) is 11.6 Å². The van der Waals surface area contributed by atoms with Crippen LogP contribution in [0.5, 0.6) is 0 Å². The van der Waals surface area contributed by atoms with Crippen molar-refractivity contribution in [1.82, 2.24) is 19.7 Å². The molecule has 1 fully saturated rings. The van der Waals surface area contributed by atoms with Crippen LogP contribution in [0.15, 0.2) is 73.3 Å². The number of fused-ring (bicyclic) bond motifs is 1. The van der Waals surface area contributed by atoms with Crippen LogP contribution in [0.2, 0.25) is 0 Å². The number of benzene rings is 2. The molecule has 1 aliphatic rings. The van der Waals surface area contributed by atoms with Crippen molar-refractivity contribution >= 4 is 28.2 Å². The molecule has 150 valence electrons. The van der Waals surface area contributed by atoms with Gasteiger partial charge in [-0.3, -0.25) is 9.36 Å². The molecule has 1 N–H and O–H groups in total. The second-order valence-electron chi connectivity index (χ2n) is 7.52. The Morgan fingerprint density at radius 2 is 1.83 bits per heavy atom. The molecule has 2 aromatic heterocycles. The van der Waals surface area contributed by atoms with Crippen LogP contribution in [0.1, 0.15) is 12.8 Å². The highest BCUT2D eigenvalue weighted by atomic mass is 16.1. The Balaban J connectivity index is 1.29. The molecule has 4 aromatic rings. The fourth-order valence-corrected chi connectivity index (χ4v) is 3.99. The lowest BCUT2D eigenvalue weighted by atomic mass is 9.96. The molecule has 1 atom stereocenters. The van der Waals surface area contributed by atoms with Crippen LogP contribution in [0, 0.1) is 5.92 Å². The minimum atomic E-state index is -0.0900. The van der Waals surface area contributed by atoms with E-state index in [4.69, 9.17) is 0 Å². The van der Waals surface area contributed by atoms with E-state index in [1.165, 1.54) is 0 Å². The highest BCUT2D eigenvalue weighted by Crippen LogP contribution is 2.26. The molecule has 1 amide bonds. The quantitative estimate of drug-likeness (QED) is 0.568. The second kappa shape index (κ2) is 7.94. The van der Waals surface area contributed by atoms with Crippen molar-refractivity contribution in [1.29, 1.82) is 0 Å². The third kappa shape index (κ3) is 3.61. The number of amides is 1. The summed E-state index contributed by atoms with van der Waals surface area (Å²) in [5, 5.41) is 14.0. The second-order valence-corrected chi connectivity index (χ2v) is 7.52. The normalized spacial score (nSPS) is 16.5. The Morgan fingerprint density at radius 3 is 2.67 bits per heavy atom. The number of aromatic nitrogens is 4. The molecular formula is C23H22N6O. The Labute approximate surface area is 174 Å². The smallest absolute Gasteiger partial charge is 0.229 e. The number of rotatable bonds is 4. The van der Waals surface area contributed by atoms with E-state index in [1.54, 1.807) is 12.5 Å². The minimum Gasteiger partial charge on any atom is -0.354 e. The van der Waals surface area contributed by atoms with Gasteiger partial charge in [-0.25, -0.2) is 4.98 Å². The van der Waals surface area contributed by atoms with Crippen LogP contribution < -0.4 is 10.2 Å². The van der Waals surface area contributed by atoms with Gasteiger partial charge in [-0.05, 0) is 36.4 Å². The molecule has 1 saturated heterocycles. The van der Waals surface area contributed by atoms with E-state index in [1.807, 2.05) is 53.2 Å². The summed E-state index contributed by atoms with van der Waals surface area (Å²) in [4.78, 5) is 19.2. The van der Waals surface area contributed by atoms with E-state index in [0.717, 1.165) is 47.5 Å². The summed E-state index contributed by atoms with van der Waals surface area (Å²) in [5.41, 5.74) is 0.861. The van der Waals surface area contributed by atoms with Gasteiger partial charge in [0.05, 0.1) is 5.92 Å². The third-order valence-electron chi connectivity index (χ3n) is 5.57. The molecule has 0 aliphatic carbocycles. The zero-order valence-corrected chi connectivity index (χ0v) is 16.5. The molecule has 1 aliphatic heterocycles. The summed E-state index contributed by atoms with van der Waals surface area (Å²) in [6.45, 7) is 1.51. The SMILES string of the molecule is O=C(Nc1cccc2ccccc12)C1CCCN(c2ccc(-n3ccnc3)nn2)C1. The van der Waals surface area contributed by atoms with E-state index in [9.17, 15) is 4.79 Å². The number of carbonyl (C=O) groups is 1. The van der Waals surface area contributed by atoms with Crippen molar-refractivity contribution in [2.24, 2.45) is 5.92 Å². The fourth-order valence-electron chi connectivity index (χ4n) is 3.99. The number of piperidine rings is 1. The highest BCUT2D eigenvalue weighted by Gasteiger charge is 2.27.